The number of hydrogen-bond acceptors (Lipinski definition) is 5. The number of anilines is 1. The van der Waals surface area contributed by atoms with E-state index >= 15 is 0 Å². The summed E-state index contributed by atoms with van der Waals surface area (Å²) in [5.74, 6) is -0.547. The van der Waals surface area contributed by atoms with Crippen molar-refractivity contribution in [2.24, 2.45) is 0 Å². The highest BCUT2D eigenvalue weighted by molar-refractivity contribution is 6.34. The van der Waals surface area contributed by atoms with Crippen LogP contribution in [0.5, 0.6) is 5.75 Å². The lowest BCUT2D eigenvalue weighted by Gasteiger charge is -2.23. The molecular formula is C31H33Cl2F3N2O6. The Morgan fingerprint density at radius 2 is 1.66 bits per heavy atom. The highest BCUT2D eigenvalue weighted by Crippen LogP contribution is 2.30. The third-order valence-electron chi connectivity index (χ3n) is 6.25. The Hall–Kier alpha value is -3.51. The molecule has 3 aromatic rings. The number of nitrogens with zero attached hydrogens (tertiary/aromatic N) is 1. The number of urea groups is 1. The molecule has 0 aliphatic rings. The molecule has 0 bridgehead atoms. The Labute approximate surface area is 263 Å². The summed E-state index contributed by atoms with van der Waals surface area (Å²) in [6.07, 6.45) is -4.88. The summed E-state index contributed by atoms with van der Waals surface area (Å²) in [4.78, 5) is 25.8. The standard InChI is InChI=1S/C31H33Cl2F3N2O6/c1-2-43-28(29(39)40)17-21-7-9-27(10-8-21)44-14-12-38(11-4-13-42-20-22-15-24(32)19-25(33)16-22)30(41)37-26-6-3-5-23(18-26)31(34,35)36/h3,5-10,15-16,18-19,28H,2,4,11-14,17,20H2,1H3,(H,37,41)(H,39,40). The minimum absolute atomic E-state index is 0.00661. The summed E-state index contributed by atoms with van der Waals surface area (Å²) >= 11 is 12.0. The number of rotatable bonds is 16. The number of benzene rings is 3. The summed E-state index contributed by atoms with van der Waals surface area (Å²) in [7, 11) is 0. The Morgan fingerprint density at radius 3 is 2.30 bits per heavy atom. The first-order chi connectivity index (χ1) is 20.9. The second-order valence-electron chi connectivity index (χ2n) is 9.66. The van der Waals surface area contributed by atoms with Crippen LogP contribution in [0.25, 0.3) is 0 Å². The molecule has 0 saturated heterocycles. The van der Waals surface area contributed by atoms with E-state index in [1.165, 1.54) is 17.0 Å². The molecule has 1 unspecified atom stereocenters. The highest BCUT2D eigenvalue weighted by Gasteiger charge is 2.30. The maximum absolute atomic E-state index is 13.2. The van der Waals surface area contributed by atoms with Crippen LogP contribution < -0.4 is 10.1 Å². The first-order valence-corrected chi connectivity index (χ1v) is 14.5. The summed E-state index contributed by atoms with van der Waals surface area (Å²) in [5, 5.41) is 12.8. The molecule has 44 heavy (non-hydrogen) atoms. The summed E-state index contributed by atoms with van der Waals surface area (Å²) in [6, 6.07) is 15.7. The average Bonchev–Trinajstić information content (AvgIpc) is 2.95. The zero-order valence-corrected chi connectivity index (χ0v) is 25.4. The molecule has 2 N–H and O–H groups in total. The van der Waals surface area contributed by atoms with Gasteiger partial charge in [-0.3, -0.25) is 0 Å². The molecule has 0 fully saturated rings. The van der Waals surface area contributed by atoms with Gasteiger partial charge in [0.15, 0.2) is 6.10 Å². The topological polar surface area (TPSA) is 97.3 Å². The zero-order chi connectivity index (χ0) is 32.1. The molecule has 238 valence electrons. The van der Waals surface area contributed by atoms with E-state index in [9.17, 15) is 27.9 Å². The molecule has 3 rings (SSSR count). The minimum atomic E-state index is -4.55. The predicted molar refractivity (Wildman–Crippen MR) is 161 cm³/mol. The van der Waals surface area contributed by atoms with Crippen molar-refractivity contribution < 1.29 is 42.1 Å². The fourth-order valence-electron chi connectivity index (χ4n) is 4.16. The Kier molecular flexibility index (Phi) is 13.6. The molecule has 0 aromatic heterocycles. The highest BCUT2D eigenvalue weighted by atomic mass is 35.5. The van der Waals surface area contributed by atoms with E-state index in [1.807, 2.05) is 0 Å². The van der Waals surface area contributed by atoms with Crippen LogP contribution in [0, 0.1) is 0 Å². The van der Waals surface area contributed by atoms with E-state index in [2.05, 4.69) is 5.32 Å². The number of alkyl halides is 3. The molecule has 0 aliphatic heterocycles. The summed E-state index contributed by atoms with van der Waals surface area (Å²) in [5.41, 5.74) is 0.670. The van der Waals surface area contributed by atoms with Gasteiger partial charge < -0.3 is 29.5 Å². The first kappa shape index (κ1) is 35.0. The third kappa shape index (κ3) is 11.9. The van der Waals surface area contributed by atoms with Crippen molar-refractivity contribution in [3.05, 3.63) is 93.5 Å². The van der Waals surface area contributed by atoms with Crippen LogP contribution >= 0.6 is 23.2 Å². The average molecular weight is 658 g/mol. The van der Waals surface area contributed by atoms with E-state index < -0.39 is 29.8 Å². The number of hydrogen-bond donors (Lipinski definition) is 2. The number of carbonyl (C=O) groups excluding carboxylic acids is 1. The van der Waals surface area contributed by atoms with Gasteiger partial charge in [-0.25, -0.2) is 9.59 Å². The summed E-state index contributed by atoms with van der Waals surface area (Å²) in [6.45, 7) is 3.00. The van der Waals surface area contributed by atoms with Crippen LogP contribution in [0.2, 0.25) is 10.0 Å². The second-order valence-corrected chi connectivity index (χ2v) is 10.5. The van der Waals surface area contributed by atoms with Gasteiger partial charge in [-0.15, -0.1) is 0 Å². The molecule has 0 heterocycles. The van der Waals surface area contributed by atoms with Crippen LogP contribution in [-0.4, -0.2) is 61.0 Å². The van der Waals surface area contributed by atoms with E-state index in [0.717, 1.165) is 23.3 Å². The molecule has 0 saturated carbocycles. The monoisotopic (exact) mass is 656 g/mol. The van der Waals surface area contributed by atoms with Crippen molar-refractivity contribution in [3.63, 3.8) is 0 Å². The number of carboxylic acids is 1. The van der Waals surface area contributed by atoms with E-state index in [1.54, 1.807) is 49.4 Å². The Balaban J connectivity index is 1.58. The molecule has 0 spiro atoms. The minimum Gasteiger partial charge on any atom is -0.492 e. The quantitative estimate of drug-likeness (QED) is 0.154. The van der Waals surface area contributed by atoms with Crippen LogP contribution in [0.15, 0.2) is 66.7 Å². The SMILES string of the molecule is CCOC(Cc1ccc(OCCN(CCCOCc2cc(Cl)cc(Cl)c2)C(=O)Nc2cccc(C(F)(F)F)c2)cc1)C(=O)O. The van der Waals surface area contributed by atoms with E-state index in [4.69, 9.17) is 37.4 Å². The lowest BCUT2D eigenvalue weighted by Crippen LogP contribution is -2.39. The van der Waals surface area contributed by atoms with Crippen LogP contribution in [-0.2, 0) is 33.5 Å². The number of nitrogens with one attached hydrogen (secondary N) is 1. The molecule has 0 radical (unpaired) electrons. The van der Waals surface area contributed by atoms with Crippen molar-refractivity contribution in [3.8, 4) is 5.75 Å². The molecule has 1 atom stereocenters. The fourth-order valence-corrected chi connectivity index (χ4v) is 4.73. The molecule has 3 aromatic carbocycles. The summed E-state index contributed by atoms with van der Waals surface area (Å²) < 4.78 is 56.2. The normalized spacial score (nSPS) is 12.0. The van der Waals surface area contributed by atoms with Crippen molar-refractivity contribution in [2.75, 3.05) is 38.2 Å². The third-order valence-corrected chi connectivity index (χ3v) is 6.69. The molecule has 13 heteroatoms. The molecule has 2 amide bonds. The smallest absolute Gasteiger partial charge is 0.416 e. The van der Waals surface area contributed by atoms with Crippen LogP contribution in [0.1, 0.15) is 30.0 Å². The van der Waals surface area contributed by atoms with Crippen LogP contribution in [0.4, 0.5) is 23.7 Å². The van der Waals surface area contributed by atoms with Crippen molar-refractivity contribution in [1.82, 2.24) is 4.90 Å². The number of ether oxygens (including phenoxy) is 3. The van der Waals surface area contributed by atoms with E-state index in [-0.39, 0.29) is 45.0 Å². The van der Waals surface area contributed by atoms with Crippen molar-refractivity contribution in [1.29, 1.82) is 0 Å². The Morgan fingerprint density at radius 1 is 0.955 bits per heavy atom. The number of halogens is 5. The number of amides is 2. The molecule has 0 aliphatic carbocycles. The predicted octanol–water partition coefficient (Wildman–Crippen LogP) is 7.56. The number of aliphatic carboxylic acids is 1. The number of carboxylic acid groups (broad SMARTS) is 1. The van der Waals surface area contributed by atoms with Crippen molar-refractivity contribution in [2.45, 2.75) is 38.7 Å². The molecule has 8 nitrogen and oxygen atoms in total. The van der Waals surface area contributed by atoms with Gasteiger partial charge >= 0.3 is 18.2 Å². The van der Waals surface area contributed by atoms with Gasteiger partial charge in [0.25, 0.3) is 0 Å². The van der Waals surface area contributed by atoms with Crippen molar-refractivity contribution >= 4 is 40.9 Å². The van der Waals surface area contributed by atoms with Gasteiger partial charge in [-0.2, -0.15) is 13.2 Å². The zero-order valence-electron chi connectivity index (χ0n) is 23.9. The number of carbonyl (C=O) groups is 2. The maximum Gasteiger partial charge on any atom is 0.416 e. The van der Waals surface area contributed by atoms with Gasteiger partial charge in [-0.1, -0.05) is 41.4 Å². The van der Waals surface area contributed by atoms with Gasteiger partial charge in [0, 0.05) is 41.9 Å². The largest absolute Gasteiger partial charge is 0.492 e. The van der Waals surface area contributed by atoms with Gasteiger partial charge in [-0.05, 0) is 73.0 Å². The van der Waals surface area contributed by atoms with Crippen LogP contribution in [0.3, 0.4) is 0 Å². The maximum atomic E-state index is 13.2. The van der Waals surface area contributed by atoms with Gasteiger partial charge in [0.1, 0.15) is 12.4 Å². The second kappa shape index (κ2) is 17.1. The van der Waals surface area contributed by atoms with Gasteiger partial charge in [0.2, 0.25) is 0 Å². The Bertz CT molecular complexity index is 1360. The van der Waals surface area contributed by atoms with Gasteiger partial charge in [0.05, 0.1) is 18.7 Å². The molecular weight excluding hydrogens is 624 g/mol. The lowest BCUT2D eigenvalue weighted by molar-refractivity contribution is -0.150. The fraction of sp³-hybridized carbons (Fsp3) is 0.355. The van der Waals surface area contributed by atoms with E-state index in [0.29, 0.717) is 28.8 Å². The first-order valence-electron chi connectivity index (χ1n) is 13.8. The lowest BCUT2D eigenvalue weighted by atomic mass is 10.1.